The van der Waals surface area contributed by atoms with Crippen LogP contribution in [-0.4, -0.2) is 13.7 Å². The van der Waals surface area contributed by atoms with E-state index in [2.05, 4.69) is 12.2 Å². The number of halogens is 1. The summed E-state index contributed by atoms with van der Waals surface area (Å²) < 4.78 is 24.7. The Morgan fingerprint density at radius 3 is 2.57 bits per heavy atom. The van der Waals surface area contributed by atoms with Crippen molar-refractivity contribution in [2.75, 3.05) is 13.7 Å². The Morgan fingerprint density at radius 2 is 2.00 bits per heavy atom. The Labute approximate surface area is 125 Å². The highest BCUT2D eigenvalue weighted by Crippen LogP contribution is 2.33. The predicted octanol–water partition coefficient (Wildman–Crippen LogP) is 4.13. The van der Waals surface area contributed by atoms with Gasteiger partial charge in [0.15, 0.2) is 0 Å². The first kappa shape index (κ1) is 15.6. The minimum atomic E-state index is -0.271. The molecule has 4 heteroatoms. The highest BCUT2D eigenvalue weighted by molar-refractivity contribution is 5.43. The van der Waals surface area contributed by atoms with Gasteiger partial charge in [0.05, 0.1) is 13.2 Å². The van der Waals surface area contributed by atoms with Crippen molar-refractivity contribution in [3.63, 3.8) is 0 Å². The van der Waals surface area contributed by atoms with Gasteiger partial charge in [-0.05, 0) is 51.1 Å². The van der Waals surface area contributed by atoms with Crippen LogP contribution >= 0.6 is 0 Å². The van der Waals surface area contributed by atoms with E-state index >= 15 is 0 Å². The lowest BCUT2D eigenvalue weighted by Crippen LogP contribution is -2.24. The zero-order chi connectivity index (χ0) is 15.4. The van der Waals surface area contributed by atoms with Gasteiger partial charge < -0.3 is 14.5 Å². The number of benzene rings is 1. The molecule has 0 saturated carbocycles. The SMILES string of the molecule is CCCNC(c1cc(F)ccc1OC)c1cc(C)oc1C. The molecule has 1 N–H and O–H groups in total. The number of ether oxygens (including phenoxy) is 1. The van der Waals surface area contributed by atoms with E-state index in [1.165, 1.54) is 12.1 Å². The van der Waals surface area contributed by atoms with Crippen molar-refractivity contribution in [3.8, 4) is 5.75 Å². The molecule has 1 atom stereocenters. The molecule has 0 radical (unpaired) electrons. The van der Waals surface area contributed by atoms with Gasteiger partial charge >= 0.3 is 0 Å². The van der Waals surface area contributed by atoms with E-state index in [1.807, 2.05) is 19.9 Å². The first-order valence-electron chi connectivity index (χ1n) is 7.20. The van der Waals surface area contributed by atoms with Gasteiger partial charge in [0.2, 0.25) is 0 Å². The smallest absolute Gasteiger partial charge is 0.124 e. The lowest BCUT2D eigenvalue weighted by atomic mass is 9.97. The fraction of sp³-hybridized carbons (Fsp3) is 0.412. The van der Waals surface area contributed by atoms with E-state index < -0.39 is 0 Å². The zero-order valence-corrected chi connectivity index (χ0v) is 13.0. The second-order valence-electron chi connectivity index (χ2n) is 5.14. The number of nitrogens with one attached hydrogen (secondary N) is 1. The predicted molar refractivity (Wildman–Crippen MR) is 81.3 cm³/mol. The van der Waals surface area contributed by atoms with E-state index in [9.17, 15) is 4.39 Å². The molecular formula is C17H22FNO2. The van der Waals surface area contributed by atoms with Crippen molar-refractivity contribution >= 4 is 0 Å². The van der Waals surface area contributed by atoms with Gasteiger partial charge in [-0.1, -0.05) is 6.92 Å². The van der Waals surface area contributed by atoms with Crippen LogP contribution in [0.15, 0.2) is 28.7 Å². The van der Waals surface area contributed by atoms with Crippen LogP contribution < -0.4 is 10.1 Å². The van der Waals surface area contributed by atoms with Gasteiger partial charge in [-0.3, -0.25) is 0 Å². The van der Waals surface area contributed by atoms with Crippen molar-refractivity contribution in [3.05, 3.63) is 52.7 Å². The van der Waals surface area contributed by atoms with E-state index in [1.54, 1.807) is 13.2 Å². The average Bonchev–Trinajstić information content (AvgIpc) is 2.78. The summed E-state index contributed by atoms with van der Waals surface area (Å²) in [7, 11) is 1.60. The Balaban J connectivity index is 2.50. The Bertz CT molecular complexity index is 607. The van der Waals surface area contributed by atoms with Gasteiger partial charge in [0.25, 0.3) is 0 Å². The molecule has 2 rings (SSSR count). The molecule has 0 spiro atoms. The lowest BCUT2D eigenvalue weighted by molar-refractivity contribution is 0.401. The largest absolute Gasteiger partial charge is 0.496 e. The molecule has 1 unspecified atom stereocenters. The normalized spacial score (nSPS) is 12.4. The van der Waals surface area contributed by atoms with Crippen LogP contribution in [0.2, 0.25) is 0 Å². The zero-order valence-electron chi connectivity index (χ0n) is 13.0. The molecule has 1 aromatic heterocycles. The van der Waals surface area contributed by atoms with E-state index in [-0.39, 0.29) is 11.9 Å². The minimum Gasteiger partial charge on any atom is -0.496 e. The molecule has 0 bridgehead atoms. The molecule has 2 aromatic rings. The summed E-state index contributed by atoms with van der Waals surface area (Å²) in [4.78, 5) is 0. The number of rotatable bonds is 6. The molecular weight excluding hydrogens is 269 g/mol. The van der Waals surface area contributed by atoms with Crippen LogP contribution in [0.25, 0.3) is 0 Å². The van der Waals surface area contributed by atoms with Crippen molar-refractivity contribution in [1.29, 1.82) is 0 Å². The third-order valence-corrected chi connectivity index (χ3v) is 3.49. The number of furan rings is 1. The molecule has 0 fully saturated rings. The first-order chi connectivity index (χ1) is 10.1. The fourth-order valence-corrected chi connectivity index (χ4v) is 2.54. The van der Waals surface area contributed by atoms with Crippen LogP contribution in [0, 0.1) is 19.7 Å². The monoisotopic (exact) mass is 291 g/mol. The third kappa shape index (κ3) is 3.45. The first-order valence-corrected chi connectivity index (χ1v) is 7.20. The van der Waals surface area contributed by atoms with E-state index in [0.29, 0.717) is 5.75 Å². The highest BCUT2D eigenvalue weighted by atomic mass is 19.1. The average molecular weight is 291 g/mol. The van der Waals surface area contributed by atoms with Crippen LogP contribution in [-0.2, 0) is 0 Å². The number of methoxy groups -OCH3 is 1. The molecule has 21 heavy (non-hydrogen) atoms. The molecule has 3 nitrogen and oxygen atoms in total. The summed E-state index contributed by atoms with van der Waals surface area (Å²) in [5.41, 5.74) is 1.81. The Kier molecular flexibility index (Phi) is 5.02. The van der Waals surface area contributed by atoms with Crippen molar-refractivity contribution < 1.29 is 13.5 Å². The molecule has 1 heterocycles. The maximum absolute atomic E-state index is 13.7. The van der Waals surface area contributed by atoms with E-state index in [4.69, 9.17) is 9.15 Å². The van der Waals surface area contributed by atoms with Crippen molar-refractivity contribution in [1.82, 2.24) is 5.32 Å². The maximum Gasteiger partial charge on any atom is 0.124 e. The summed E-state index contributed by atoms with van der Waals surface area (Å²) in [5.74, 6) is 2.09. The topological polar surface area (TPSA) is 34.4 Å². The van der Waals surface area contributed by atoms with Gasteiger partial charge in [0.1, 0.15) is 23.1 Å². The van der Waals surface area contributed by atoms with Crippen molar-refractivity contribution in [2.24, 2.45) is 0 Å². The van der Waals surface area contributed by atoms with E-state index in [0.717, 1.165) is 35.6 Å². The van der Waals surface area contributed by atoms with Gasteiger partial charge in [-0.15, -0.1) is 0 Å². The molecule has 0 aliphatic heterocycles. The highest BCUT2D eigenvalue weighted by Gasteiger charge is 2.22. The summed E-state index contributed by atoms with van der Waals surface area (Å²) in [6.45, 7) is 6.76. The molecule has 0 amide bonds. The second-order valence-corrected chi connectivity index (χ2v) is 5.14. The van der Waals surface area contributed by atoms with Gasteiger partial charge in [-0.25, -0.2) is 4.39 Å². The summed E-state index contributed by atoms with van der Waals surface area (Å²) in [5, 5.41) is 3.45. The third-order valence-electron chi connectivity index (χ3n) is 3.49. The number of hydrogen-bond donors (Lipinski definition) is 1. The van der Waals surface area contributed by atoms with Crippen LogP contribution in [0.3, 0.4) is 0 Å². The Morgan fingerprint density at radius 1 is 1.24 bits per heavy atom. The fourth-order valence-electron chi connectivity index (χ4n) is 2.54. The van der Waals surface area contributed by atoms with Crippen molar-refractivity contribution in [2.45, 2.75) is 33.2 Å². The van der Waals surface area contributed by atoms with Crippen LogP contribution in [0.4, 0.5) is 4.39 Å². The van der Waals surface area contributed by atoms with Crippen LogP contribution in [0.1, 0.15) is 42.0 Å². The summed E-state index contributed by atoms with van der Waals surface area (Å²) >= 11 is 0. The summed E-state index contributed by atoms with van der Waals surface area (Å²) in [6.07, 6.45) is 0.990. The van der Waals surface area contributed by atoms with Gasteiger partial charge in [-0.2, -0.15) is 0 Å². The van der Waals surface area contributed by atoms with Crippen LogP contribution in [0.5, 0.6) is 5.75 Å². The number of aryl methyl sites for hydroxylation is 2. The number of hydrogen-bond acceptors (Lipinski definition) is 3. The van der Waals surface area contributed by atoms with Gasteiger partial charge in [0, 0.05) is 11.1 Å². The Hall–Kier alpha value is -1.81. The minimum absolute atomic E-state index is 0.145. The summed E-state index contributed by atoms with van der Waals surface area (Å²) in [6, 6.07) is 6.44. The standard InChI is InChI=1S/C17H22FNO2/c1-5-8-19-17(14-9-11(2)21-12(14)3)15-10-13(18)6-7-16(15)20-4/h6-7,9-10,17,19H,5,8H2,1-4H3. The quantitative estimate of drug-likeness (QED) is 0.869. The molecule has 0 saturated heterocycles. The molecule has 1 aromatic carbocycles. The molecule has 0 aliphatic rings. The molecule has 114 valence electrons. The second kappa shape index (κ2) is 6.76. The maximum atomic E-state index is 13.7. The lowest BCUT2D eigenvalue weighted by Gasteiger charge is -2.21. The molecule has 0 aliphatic carbocycles.